The van der Waals surface area contributed by atoms with Crippen molar-refractivity contribution in [1.82, 2.24) is 10.2 Å². The predicted molar refractivity (Wildman–Crippen MR) is 125 cm³/mol. The van der Waals surface area contributed by atoms with Crippen LogP contribution >= 0.6 is 0 Å². The number of unbranched alkanes of at least 4 members (excludes halogenated alkanes) is 1. The molecule has 0 spiro atoms. The van der Waals surface area contributed by atoms with Crippen LogP contribution in [0, 0.1) is 6.92 Å². The van der Waals surface area contributed by atoms with Crippen molar-refractivity contribution < 1.29 is 19.1 Å². The number of amides is 2. The van der Waals surface area contributed by atoms with Crippen LogP contribution in [0.25, 0.3) is 0 Å². The molecule has 1 aliphatic rings. The molecule has 1 unspecified atom stereocenters. The lowest BCUT2D eigenvalue weighted by Gasteiger charge is -2.29. The van der Waals surface area contributed by atoms with Gasteiger partial charge in [0.2, 0.25) is 11.8 Å². The summed E-state index contributed by atoms with van der Waals surface area (Å²) in [5.41, 5.74) is 3.19. The van der Waals surface area contributed by atoms with Crippen LogP contribution < -0.4 is 14.8 Å². The predicted octanol–water partition coefficient (Wildman–Crippen LogP) is 4.03. The molecule has 1 heterocycles. The number of nitrogens with one attached hydrogen (secondary N) is 1. The van der Waals surface area contributed by atoms with Gasteiger partial charge in [-0.05, 0) is 49.9 Å². The van der Waals surface area contributed by atoms with Crippen molar-refractivity contribution in [2.75, 3.05) is 19.8 Å². The highest BCUT2D eigenvalue weighted by Gasteiger charge is 2.26. The lowest BCUT2D eigenvalue weighted by molar-refractivity contribution is -0.140. The Morgan fingerprint density at radius 2 is 1.72 bits per heavy atom. The molecule has 0 fully saturated rings. The second-order valence-electron chi connectivity index (χ2n) is 8.31. The highest BCUT2D eigenvalue weighted by atomic mass is 16.6. The van der Waals surface area contributed by atoms with Crippen LogP contribution in [0.4, 0.5) is 0 Å². The molecule has 2 aromatic carbocycles. The molecule has 1 atom stereocenters. The fourth-order valence-corrected chi connectivity index (χ4v) is 3.65. The van der Waals surface area contributed by atoms with Gasteiger partial charge in [0.1, 0.15) is 19.3 Å². The third-order valence-electron chi connectivity index (χ3n) is 5.70. The lowest BCUT2D eigenvalue weighted by Crippen LogP contribution is -2.47. The van der Waals surface area contributed by atoms with Gasteiger partial charge in [-0.1, -0.05) is 49.2 Å². The van der Waals surface area contributed by atoms with E-state index in [1.165, 1.54) is 0 Å². The Morgan fingerprint density at radius 1 is 1.03 bits per heavy atom. The van der Waals surface area contributed by atoms with Crippen molar-refractivity contribution >= 4 is 11.8 Å². The first-order valence-corrected chi connectivity index (χ1v) is 11.5. The van der Waals surface area contributed by atoms with Crippen molar-refractivity contribution in [3.8, 4) is 11.5 Å². The lowest BCUT2D eigenvalue weighted by atomic mass is 10.1. The normalized spacial score (nSPS) is 13.3. The maximum atomic E-state index is 13.2. The van der Waals surface area contributed by atoms with Gasteiger partial charge in [0.05, 0.1) is 0 Å². The molecule has 6 nitrogen and oxygen atoms in total. The SMILES string of the molecule is CCCCNC(=O)C(C)N(Cc1ccc(C)cc1)C(=O)CCc1ccc2c(c1)OCCO2. The minimum atomic E-state index is -0.541. The number of rotatable bonds is 10. The standard InChI is InChI=1S/C26H34N2O4/c1-4-5-14-27-26(30)20(3)28(18-22-8-6-19(2)7-9-22)25(29)13-11-21-10-12-23-24(17-21)32-16-15-31-23/h6-10,12,17,20H,4-5,11,13-16,18H2,1-3H3,(H,27,30). The molecule has 2 amide bonds. The summed E-state index contributed by atoms with van der Waals surface area (Å²) >= 11 is 0. The van der Waals surface area contributed by atoms with E-state index in [2.05, 4.69) is 12.2 Å². The molecule has 3 rings (SSSR count). The molecule has 0 aromatic heterocycles. The highest BCUT2D eigenvalue weighted by molar-refractivity contribution is 5.87. The van der Waals surface area contributed by atoms with Crippen molar-refractivity contribution in [3.05, 3.63) is 59.2 Å². The van der Waals surface area contributed by atoms with E-state index >= 15 is 0 Å². The first-order valence-electron chi connectivity index (χ1n) is 11.5. The van der Waals surface area contributed by atoms with E-state index in [9.17, 15) is 9.59 Å². The van der Waals surface area contributed by atoms with Gasteiger partial charge >= 0.3 is 0 Å². The fourth-order valence-electron chi connectivity index (χ4n) is 3.65. The van der Waals surface area contributed by atoms with Gasteiger partial charge in [0, 0.05) is 19.5 Å². The molecule has 0 radical (unpaired) electrons. The van der Waals surface area contributed by atoms with Crippen LogP contribution in [0.5, 0.6) is 11.5 Å². The summed E-state index contributed by atoms with van der Waals surface area (Å²) in [5.74, 6) is 1.31. The zero-order chi connectivity index (χ0) is 22.9. The third kappa shape index (κ3) is 6.49. The summed E-state index contributed by atoms with van der Waals surface area (Å²) in [6, 6.07) is 13.3. The molecule has 32 heavy (non-hydrogen) atoms. The molecule has 0 saturated heterocycles. The third-order valence-corrected chi connectivity index (χ3v) is 5.70. The van der Waals surface area contributed by atoms with Gasteiger partial charge in [0.25, 0.3) is 0 Å². The summed E-state index contributed by atoms with van der Waals surface area (Å²) in [4.78, 5) is 27.6. The molecule has 172 valence electrons. The van der Waals surface area contributed by atoms with Crippen LogP contribution in [-0.4, -0.2) is 42.5 Å². The average molecular weight is 439 g/mol. The molecule has 0 aliphatic carbocycles. The number of ether oxygens (including phenoxy) is 2. The first-order chi connectivity index (χ1) is 15.5. The monoisotopic (exact) mass is 438 g/mol. The van der Waals surface area contributed by atoms with E-state index in [4.69, 9.17) is 9.47 Å². The smallest absolute Gasteiger partial charge is 0.242 e. The van der Waals surface area contributed by atoms with Gasteiger partial charge in [0.15, 0.2) is 11.5 Å². The second-order valence-corrected chi connectivity index (χ2v) is 8.31. The number of benzene rings is 2. The summed E-state index contributed by atoms with van der Waals surface area (Å²) in [6.45, 7) is 8.04. The Morgan fingerprint density at radius 3 is 2.44 bits per heavy atom. The van der Waals surface area contributed by atoms with E-state index in [0.29, 0.717) is 39.1 Å². The van der Waals surface area contributed by atoms with Crippen LogP contribution in [0.1, 0.15) is 49.8 Å². The second kappa shape index (κ2) is 11.6. The number of aryl methyl sites for hydroxylation is 2. The molecule has 2 aromatic rings. The quantitative estimate of drug-likeness (QED) is 0.569. The number of carbonyl (C=O) groups excluding carboxylic acids is 2. The largest absolute Gasteiger partial charge is 0.486 e. The highest BCUT2D eigenvalue weighted by Crippen LogP contribution is 2.31. The van der Waals surface area contributed by atoms with Crippen molar-refractivity contribution in [2.24, 2.45) is 0 Å². The minimum Gasteiger partial charge on any atom is -0.486 e. The van der Waals surface area contributed by atoms with Crippen molar-refractivity contribution in [3.63, 3.8) is 0 Å². The Balaban J connectivity index is 1.68. The summed E-state index contributed by atoms with van der Waals surface area (Å²) in [7, 11) is 0. The van der Waals surface area contributed by atoms with Gasteiger partial charge in [-0.2, -0.15) is 0 Å². The number of nitrogens with zero attached hydrogens (tertiary/aromatic N) is 1. The Labute approximate surface area is 190 Å². The molecule has 0 bridgehead atoms. The summed E-state index contributed by atoms with van der Waals surface area (Å²) < 4.78 is 11.2. The Kier molecular flexibility index (Phi) is 8.54. The van der Waals surface area contributed by atoms with Crippen molar-refractivity contribution in [2.45, 2.75) is 59.0 Å². The number of hydrogen-bond donors (Lipinski definition) is 1. The van der Waals surface area contributed by atoms with E-state index < -0.39 is 6.04 Å². The first kappa shape index (κ1) is 23.6. The zero-order valence-electron chi connectivity index (χ0n) is 19.4. The molecule has 1 aliphatic heterocycles. The maximum absolute atomic E-state index is 13.2. The minimum absolute atomic E-state index is 0.0430. The van der Waals surface area contributed by atoms with Gasteiger partial charge in [-0.25, -0.2) is 0 Å². The molecular formula is C26H34N2O4. The number of carbonyl (C=O) groups is 2. The Hall–Kier alpha value is -3.02. The zero-order valence-corrected chi connectivity index (χ0v) is 19.4. The van der Waals surface area contributed by atoms with E-state index in [-0.39, 0.29) is 11.8 Å². The summed E-state index contributed by atoms with van der Waals surface area (Å²) in [6.07, 6.45) is 2.83. The molecule has 1 N–H and O–H groups in total. The van der Waals surface area contributed by atoms with Crippen LogP contribution in [0.3, 0.4) is 0 Å². The topological polar surface area (TPSA) is 67.9 Å². The van der Waals surface area contributed by atoms with Gasteiger partial charge in [-0.3, -0.25) is 9.59 Å². The van der Waals surface area contributed by atoms with Crippen LogP contribution in [0.15, 0.2) is 42.5 Å². The number of hydrogen-bond acceptors (Lipinski definition) is 4. The summed E-state index contributed by atoms with van der Waals surface area (Å²) in [5, 5.41) is 2.96. The van der Waals surface area contributed by atoms with Gasteiger partial charge in [-0.15, -0.1) is 0 Å². The number of fused-ring (bicyclic) bond motifs is 1. The van der Waals surface area contributed by atoms with Gasteiger partial charge < -0.3 is 19.7 Å². The van der Waals surface area contributed by atoms with Crippen molar-refractivity contribution in [1.29, 1.82) is 0 Å². The molecule has 0 saturated carbocycles. The van der Waals surface area contributed by atoms with Crippen LogP contribution in [0.2, 0.25) is 0 Å². The van der Waals surface area contributed by atoms with E-state index in [1.54, 1.807) is 11.8 Å². The van der Waals surface area contributed by atoms with E-state index in [0.717, 1.165) is 41.0 Å². The Bertz CT molecular complexity index is 911. The fraction of sp³-hybridized carbons (Fsp3) is 0.462. The average Bonchev–Trinajstić information content (AvgIpc) is 2.81. The van der Waals surface area contributed by atoms with Crippen LogP contribution in [-0.2, 0) is 22.6 Å². The molecule has 6 heteroatoms. The van der Waals surface area contributed by atoms with E-state index in [1.807, 2.05) is 49.4 Å². The molecular weight excluding hydrogens is 404 g/mol. The maximum Gasteiger partial charge on any atom is 0.242 e.